The molecule has 1 amide bonds. The van der Waals surface area contributed by atoms with E-state index in [1.54, 1.807) is 56.3 Å². The lowest BCUT2D eigenvalue weighted by atomic mass is 9.83. The Labute approximate surface area is 275 Å². The Morgan fingerprint density at radius 2 is 1.69 bits per heavy atom. The Morgan fingerprint density at radius 1 is 0.958 bits per heavy atom. The zero-order valence-electron chi connectivity index (χ0n) is 25.6. The van der Waals surface area contributed by atoms with Gasteiger partial charge in [-0.3, -0.25) is 9.59 Å². The molecule has 0 saturated heterocycles. The lowest BCUT2D eigenvalue weighted by molar-refractivity contribution is -0.153. The molecule has 48 heavy (non-hydrogen) atoms. The van der Waals surface area contributed by atoms with Gasteiger partial charge in [0.1, 0.15) is 17.0 Å². The van der Waals surface area contributed by atoms with Crippen molar-refractivity contribution < 1.29 is 45.8 Å². The summed E-state index contributed by atoms with van der Waals surface area (Å²) in [5.74, 6) is -3.29. The summed E-state index contributed by atoms with van der Waals surface area (Å²) in [6.45, 7) is 2.39. The van der Waals surface area contributed by atoms with E-state index in [9.17, 15) is 36.6 Å². The van der Waals surface area contributed by atoms with Crippen LogP contribution in [0.1, 0.15) is 59.0 Å². The lowest BCUT2D eigenvalue weighted by Gasteiger charge is -2.24. The minimum Gasteiger partial charge on any atom is -0.481 e. The average Bonchev–Trinajstić information content (AvgIpc) is 3.53. The maximum atomic E-state index is 14.1. The number of pyridine rings is 2. The second-order valence-electron chi connectivity index (χ2n) is 11.4. The highest BCUT2D eigenvalue weighted by Crippen LogP contribution is 2.34. The third-order valence-electron chi connectivity index (χ3n) is 7.75. The van der Waals surface area contributed by atoms with E-state index in [2.05, 4.69) is 9.97 Å². The molecule has 0 unspecified atom stereocenters. The number of nitrogens with zero attached hydrogens (tertiary/aromatic N) is 3. The number of benzene rings is 2. The molecular weight excluding hydrogens is 661 g/mol. The third-order valence-corrected chi connectivity index (χ3v) is 8.10. The number of furan rings is 1. The van der Waals surface area contributed by atoms with Gasteiger partial charge in [-0.25, -0.2) is 18.7 Å². The van der Waals surface area contributed by atoms with Gasteiger partial charge in [-0.1, -0.05) is 48.0 Å². The van der Waals surface area contributed by atoms with Crippen LogP contribution >= 0.6 is 11.6 Å². The largest absolute Gasteiger partial charge is 0.481 e. The van der Waals surface area contributed by atoms with Crippen molar-refractivity contribution in [2.45, 2.75) is 45.0 Å². The summed E-state index contributed by atoms with van der Waals surface area (Å²) in [6.07, 6.45) is -7.82. The maximum Gasteiger partial charge on any atom is 0.449 e. The van der Waals surface area contributed by atoms with E-state index in [1.807, 2.05) is 0 Å². The van der Waals surface area contributed by atoms with Crippen LogP contribution in [0.25, 0.3) is 22.2 Å². The Morgan fingerprint density at radius 3 is 2.31 bits per heavy atom. The molecule has 0 spiro atoms. The second kappa shape index (κ2) is 13.2. The molecule has 2 aromatic carbocycles. The number of amides is 1. The summed E-state index contributed by atoms with van der Waals surface area (Å²) < 4.78 is 77.8. The number of ether oxygens (including phenoxy) is 1. The molecule has 3 heterocycles. The average molecular weight is 688 g/mol. The molecule has 250 valence electrons. The van der Waals surface area contributed by atoms with Gasteiger partial charge in [0.05, 0.1) is 30.1 Å². The first-order valence-corrected chi connectivity index (χ1v) is 14.7. The molecule has 5 rings (SSSR count). The molecule has 0 radical (unpaired) electrons. The smallest absolute Gasteiger partial charge is 0.449 e. The van der Waals surface area contributed by atoms with Crippen LogP contribution < -0.4 is 4.74 Å². The first kappa shape index (κ1) is 34.3. The quantitative estimate of drug-likeness (QED) is 0.146. The first-order chi connectivity index (χ1) is 22.6. The van der Waals surface area contributed by atoms with Crippen molar-refractivity contribution in [1.82, 2.24) is 14.9 Å². The van der Waals surface area contributed by atoms with Crippen molar-refractivity contribution in [2.75, 3.05) is 7.11 Å². The molecular formula is C34H27ClF5N3O5. The molecule has 0 fully saturated rings. The van der Waals surface area contributed by atoms with Gasteiger partial charge in [0.25, 0.3) is 12.3 Å². The van der Waals surface area contributed by atoms with Gasteiger partial charge in [0.2, 0.25) is 11.6 Å². The zero-order valence-corrected chi connectivity index (χ0v) is 26.4. The molecule has 0 bridgehead atoms. The van der Waals surface area contributed by atoms with Crippen LogP contribution in [0.2, 0.25) is 5.02 Å². The number of hydrogen-bond donors (Lipinski definition) is 1. The van der Waals surface area contributed by atoms with Crippen molar-refractivity contribution in [1.29, 1.82) is 0 Å². The zero-order chi connectivity index (χ0) is 35.0. The number of carbonyl (C=O) groups is 2. The fourth-order valence-electron chi connectivity index (χ4n) is 4.94. The number of hydrogen-bond acceptors (Lipinski definition) is 6. The Hall–Kier alpha value is -5.04. The number of aromatic nitrogens is 2. The van der Waals surface area contributed by atoms with E-state index >= 15 is 0 Å². The van der Waals surface area contributed by atoms with Crippen molar-refractivity contribution >= 4 is 34.5 Å². The molecule has 8 nitrogen and oxygen atoms in total. The minimum absolute atomic E-state index is 0.0232. The van der Waals surface area contributed by atoms with Crippen LogP contribution in [0, 0.1) is 0 Å². The van der Waals surface area contributed by atoms with Crippen LogP contribution in [0.15, 0.2) is 77.2 Å². The Bertz CT molecular complexity index is 2010. The number of carboxylic acids is 1. The van der Waals surface area contributed by atoms with Crippen LogP contribution in [0.3, 0.4) is 0 Å². The summed E-state index contributed by atoms with van der Waals surface area (Å²) in [5.41, 5.74) is -0.0215. The number of rotatable bonds is 10. The molecule has 0 atom stereocenters. The number of carbonyl (C=O) groups excluding carboxylic acids is 1. The van der Waals surface area contributed by atoms with E-state index in [1.165, 1.54) is 19.2 Å². The number of halogens is 6. The maximum absolute atomic E-state index is 14.1. The molecule has 0 aliphatic carbocycles. The van der Waals surface area contributed by atoms with E-state index in [-0.39, 0.29) is 39.8 Å². The molecule has 0 aliphatic heterocycles. The molecule has 1 N–H and O–H groups in total. The van der Waals surface area contributed by atoms with E-state index in [4.69, 9.17) is 20.8 Å². The number of fused-ring (bicyclic) bond motifs is 1. The first-order valence-electron chi connectivity index (χ1n) is 14.3. The number of aliphatic carboxylic acids is 1. The number of alkyl halides is 5. The standard InChI is InChI=1S/C34H27ClF5N3O5/c1-33(2,32(45)46)21-6-4-5-18(13-21)19-7-8-20(24(35)14-19)16-43(17-22-9-11-27(48-22)34(38,39)40)31(44)23-15-26(30(36)37)41-25-10-12-28(47-3)42-29(23)25/h4-15,30H,16-17H2,1-3H3,(H,45,46). The summed E-state index contributed by atoms with van der Waals surface area (Å²) in [6, 6.07) is 17.2. The minimum atomic E-state index is -4.78. The van der Waals surface area contributed by atoms with Crippen molar-refractivity contribution in [3.63, 3.8) is 0 Å². The number of carboxylic acid groups (broad SMARTS) is 1. The fraction of sp³-hybridized carbons (Fsp3) is 0.235. The van der Waals surface area contributed by atoms with Gasteiger partial charge < -0.3 is 19.2 Å². The highest BCUT2D eigenvalue weighted by molar-refractivity contribution is 6.31. The predicted molar refractivity (Wildman–Crippen MR) is 166 cm³/mol. The van der Waals surface area contributed by atoms with Gasteiger partial charge in [-0.15, -0.1) is 0 Å². The molecule has 0 aliphatic rings. The lowest BCUT2D eigenvalue weighted by Crippen LogP contribution is -2.30. The normalized spacial score (nSPS) is 12.0. The summed E-state index contributed by atoms with van der Waals surface area (Å²) >= 11 is 6.68. The Balaban J connectivity index is 1.56. The van der Waals surface area contributed by atoms with Gasteiger partial charge >= 0.3 is 12.1 Å². The van der Waals surface area contributed by atoms with Gasteiger partial charge in [0.15, 0.2) is 0 Å². The van der Waals surface area contributed by atoms with Crippen LogP contribution in [-0.4, -0.2) is 39.0 Å². The van der Waals surface area contributed by atoms with Gasteiger partial charge in [-0.05, 0) is 66.4 Å². The monoisotopic (exact) mass is 687 g/mol. The van der Waals surface area contributed by atoms with Gasteiger partial charge in [-0.2, -0.15) is 13.2 Å². The highest BCUT2D eigenvalue weighted by atomic mass is 35.5. The molecule has 14 heteroatoms. The number of methoxy groups -OCH3 is 1. The predicted octanol–water partition coefficient (Wildman–Crippen LogP) is 8.71. The highest BCUT2D eigenvalue weighted by Gasteiger charge is 2.35. The van der Waals surface area contributed by atoms with E-state index in [0.717, 1.165) is 23.1 Å². The summed E-state index contributed by atoms with van der Waals surface area (Å²) in [4.78, 5) is 35.2. The van der Waals surface area contributed by atoms with Crippen molar-refractivity contribution in [3.8, 4) is 17.0 Å². The van der Waals surface area contributed by atoms with Crippen LogP contribution in [-0.2, 0) is 29.5 Å². The van der Waals surface area contributed by atoms with Crippen molar-refractivity contribution in [3.05, 3.63) is 112 Å². The molecule has 0 saturated carbocycles. The molecule has 3 aromatic heterocycles. The van der Waals surface area contributed by atoms with Crippen LogP contribution in [0.5, 0.6) is 5.88 Å². The van der Waals surface area contributed by atoms with Crippen LogP contribution in [0.4, 0.5) is 22.0 Å². The SMILES string of the molecule is COc1ccc2nc(C(F)F)cc(C(=O)N(Cc3ccc(C(F)(F)F)o3)Cc3ccc(-c4cccc(C(C)(C)C(=O)O)c4)cc3Cl)c2n1. The Kier molecular flexibility index (Phi) is 9.45. The fourth-order valence-corrected chi connectivity index (χ4v) is 5.18. The third kappa shape index (κ3) is 7.10. The van der Waals surface area contributed by atoms with E-state index in [0.29, 0.717) is 22.3 Å². The van der Waals surface area contributed by atoms with Gasteiger partial charge in [0, 0.05) is 17.6 Å². The van der Waals surface area contributed by atoms with E-state index < -0.39 is 47.9 Å². The van der Waals surface area contributed by atoms with Crippen molar-refractivity contribution in [2.24, 2.45) is 0 Å². The molecule has 5 aromatic rings. The topological polar surface area (TPSA) is 106 Å². The second-order valence-corrected chi connectivity index (χ2v) is 11.8. The summed E-state index contributed by atoms with van der Waals surface area (Å²) in [7, 11) is 1.33. The summed E-state index contributed by atoms with van der Waals surface area (Å²) in [5, 5.41) is 9.83.